The number of carbonyl (C=O) groups excluding carboxylic acids is 2. The molecule has 0 spiro atoms. The molecule has 0 bridgehead atoms. The van der Waals surface area contributed by atoms with Gasteiger partial charge in [-0.25, -0.2) is 0 Å². The molecule has 0 aliphatic heterocycles. The van der Waals surface area contributed by atoms with Gasteiger partial charge in [-0.05, 0) is 38.8 Å². The van der Waals surface area contributed by atoms with E-state index in [0.717, 1.165) is 22.4 Å². The maximum absolute atomic E-state index is 12.6. The summed E-state index contributed by atoms with van der Waals surface area (Å²) in [6.45, 7) is 5.20. The van der Waals surface area contributed by atoms with Gasteiger partial charge in [-0.2, -0.15) is 0 Å². The van der Waals surface area contributed by atoms with E-state index in [1.54, 1.807) is 13.8 Å². The number of aromatic nitrogens is 1. The van der Waals surface area contributed by atoms with Crippen molar-refractivity contribution >= 4 is 17.6 Å². The van der Waals surface area contributed by atoms with E-state index in [9.17, 15) is 9.59 Å². The van der Waals surface area contributed by atoms with Gasteiger partial charge in [-0.1, -0.05) is 53.7 Å². The number of anilines is 1. The maximum Gasteiger partial charge on any atom is 0.306 e. The number of nitrogens with one attached hydrogen (secondary N) is 1. The lowest BCUT2D eigenvalue weighted by atomic mass is 10.0. The summed E-state index contributed by atoms with van der Waals surface area (Å²) in [5.41, 5.74) is 4.22. The molecule has 1 N–H and O–H groups in total. The number of benzene rings is 2. The highest BCUT2D eigenvalue weighted by molar-refractivity contribution is 5.98. The molecule has 3 aromatic rings. The van der Waals surface area contributed by atoms with Crippen LogP contribution >= 0.6 is 0 Å². The molecule has 0 saturated heterocycles. The van der Waals surface area contributed by atoms with Crippen LogP contribution in [0.2, 0.25) is 0 Å². The minimum Gasteiger partial charge on any atom is -0.453 e. The van der Waals surface area contributed by atoms with E-state index in [-0.39, 0.29) is 12.3 Å². The molecule has 1 atom stereocenters. The van der Waals surface area contributed by atoms with Crippen molar-refractivity contribution in [1.29, 1.82) is 0 Å². The van der Waals surface area contributed by atoms with Crippen molar-refractivity contribution in [2.45, 2.75) is 39.7 Å². The molecule has 0 fully saturated rings. The Bertz CT molecular complexity index is 976. The average molecular weight is 392 g/mol. The van der Waals surface area contributed by atoms with Gasteiger partial charge in [-0.3, -0.25) is 9.59 Å². The summed E-state index contributed by atoms with van der Waals surface area (Å²) in [7, 11) is 0. The lowest BCUT2D eigenvalue weighted by molar-refractivity contribution is -0.153. The van der Waals surface area contributed by atoms with Crippen molar-refractivity contribution in [3.05, 3.63) is 71.6 Å². The largest absolute Gasteiger partial charge is 0.453 e. The first kappa shape index (κ1) is 20.3. The number of esters is 1. The zero-order valence-corrected chi connectivity index (χ0v) is 16.8. The molecular formula is C23H24N2O4. The topological polar surface area (TPSA) is 81.4 Å². The predicted octanol–water partition coefficient (Wildman–Crippen LogP) is 4.46. The van der Waals surface area contributed by atoms with E-state index in [2.05, 4.69) is 10.5 Å². The second-order valence-corrected chi connectivity index (χ2v) is 6.84. The highest BCUT2D eigenvalue weighted by Gasteiger charge is 2.20. The highest BCUT2D eigenvalue weighted by Crippen LogP contribution is 2.27. The average Bonchev–Trinajstić information content (AvgIpc) is 3.05. The van der Waals surface area contributed by atoms with E-state index >= 15 is 0 Å². The normalized spacial score (nSPS) is 11.7. The standard InChI is InChI=1S/C23H24N2O4/c1-15-19(16(2)29-25-15)13-14-22(26)28-17(3)23(27)24-21-12-8-7-11-20(21)18-9-5-4-6-10-18/h4-12,17H,13-14H2,1-3H3,(H,24,27)/t17-/m0/s1. The second-order valence-electron chi connectivity index (χ2n) is 6.84. The number of carbonyl (C=O) groups is 2. The van der Waals surface area contributed by atoms with Gasteiger partial charge < -0.3 is 14.6 Å². The maximum atomic E-state index is 12.6. The predicted molar refractivity (Wildman–Crippen MR) is 110 cm³/mol. The Kier molecular flexibility index (Phi) is 6.44. The van der Waals surface area contributed by atoms with E-state index in [1.807, 2.05) is 61.5 Å². The van der Waals surface area contributed by atoms with Crippen LogP contribution < -0.4 is 5.32 Å². The Balaban J connectivity index is 1.59. The molecule has 0 unspecified atom stereocenters. The molecule has 6 nitrogen and oxygen atoms in total. The number of amides is 1. The zero-order valence-electron chi connectivity index (χ0n) is 16.8. The van der Waals surface area contributed by atoms with Crippen molar-refractivity contribution in [1.82, 2.24) is 5.16 Å². The van der Waals surface area contributed by atoms with Crippen LogP contribution in [0.15, 0.2) is 59.1 Å². The van der Waals surface area contributed by atoms with Crippen molar-refractivity contribution in [2.24, 2.45) is 0 Å². The number of aryl methyl sites for hydroxylation is 2. The van der Waals surface area contributed by atoms with E-state index in [4.69, 9.17) is 9.26 Å². The first-order valence-corrected chi connectivity index (χ1v) is 9.52. The van der Waals surface area contributed by atoms with Crippen LogP contribution in [0.25, 0.3) is 11.1 Å². The summed E-state index contributed by atoms with van der Waals surface area (Å²) in [5.74, 6) is -0.123. The Hall–Kier alpha value is -3.41. The Labute approximate surface area is 169 Å². The van der Waals surface area contributed by atoms with E-state index < -0.39 is 12.1 Å². The van der Waals surface area contributed by atoms with Crippen LogP contribution in [0.5, 0.6) is 0 Å². The SMILES string of the molecule is Cc1noc(C)c1CCC(=O)O[C@@H](C)C(=O)Nc1ccccc1-c1ccccc1. The van der Waals surface area contributed by atoms with Gasteiger partial charge in [0, 0.05) is 23.2 Å². The molecular weight excluding hydrogens is 368 g/mol. The van der Waals surface area contributed by atoms with Gasteiger partial charge in [-0.15, -0.1) is 0 Å². The van der Waals surface area contributed by atoms with Gasteiger partial charge in [0.25, 0.3) is 5.91 Å². The fourth-order valence-corrected chi connectivity index (χ4v) is 3.09. The molecule has 1 aromatic heterocycles. The second kappa shape index (κ2) is 9.19. The molecule has 150 valence electrons. The minimum atomic E-state index is -0.906. The number of nitrogens with zero attached hydrogens (tertiary/aromatic N) is 1. The van der Waals surface area contributed by atoms with E-state index in [0.29, 0.717) is 17.9 Å². The molecule has 1 amide bonds. The van der Waals surface area contributed by atoms with Crippen LogP contribution in [0.1, 0.15) is 30.4 Å². The Morgan fingerprint density at radius 3 is 2.45 bits per heavy atom. The third-order valence-corrected chi connectivity index (χ3v) is 4.71. The van der Waals surface area contributed by atoms with Crippen LogP contribution in [-0.2, 0) is 20.7 Å². The fraction of sp³-hybridized carbons (Fsp3) is 0.261. The van der Waals surface area contributed by atoms with Crippen molar-refractivity contribution in [2.75, 3.05) is 5.32 Å². The first-order valence-electron chi connectivity index (χ1n) is 9.52. The zero-order chi connectivity index (χ0) is 20.8. The summed E-state index contributed by atoms with van der Waals surface area (Å²) in [6.07, 6.45) is -0.289. The minimum absolute atomic E-state index is 0.154. The lowest BCUT2D eigenvalue weighted by Gasteiger charge is -2.16. The number of hydrogen-bond donors (Lipinski definition) is 1. The first-order chi connectivity index (χ1) is 14.0. The van der Waals surface area contributed by atoms with Crippen LogP contribution in [0.3, 0.4) is 0 Å². The molecule has 0 radical (unpaired) electrons. The molecule has 29 heavy (non-hydrogen) atoms. The van der Waals surface area contributed by atoms with Crippen LogP contribution in [0, 0.1) is 13.8 Å². The number of ether oxygens (including phenoxy) is 1. The molecule has 6 heteroatoms. The third-order valence-electron chi connectivity index (χ3n) is 4.71. The molecule has 2 aromatic carbocycles. The van der Waals surface area contributed by atoms with Gasteiger partial charge >= 0.3 is 5.97 Å². The van der Waals surface area contributed by atoms with Gasteiger partial charge in [0.05, 0.1) is 5.69 Å². The van der Waals surface area contributed by atoms with E-state index in [1.165, 1.54) is 0 Å². The number of para-hydroxylation sites is 1. The molecule has 0 saturated carbocycles. The third kappa shape index (κ3) is 5.10. The summed E-state index contributed by atoms with van der Waals surface area (Å²) in [5, 5.41) is 6.73. The quantitative estimate of drug-likeness (QED) is 0.600. The molecule has 0 aliphatic carbocycles. The molecule has 3 rings (SSSR count). The van der Waals surface area contributed by atoms with Gasteiger partial charge in [0.2, 0.25) is 0 Å². The Morgan fingerprint density at radius 1 is 1.07 bits per heavy atom. The monoisotopic (exact) mass is 392 g/mol. The van der Waals surface area contributed by atoms with Crippen LogP contribution in [0.4, 0.5) is 5.69 Å². The van der Waals surface area contributed by atoms with Crippen molar-refractivity contribution < 1.29 is 18.8 Å². The van der Waals surface area contributed by atoms with Crippen molar-refractivity contribution in [3.8, 4) is 11.1 Å². The number of hydrogen-bond acceptors (Lipinski definition) is 5. The summed E-state index contributed by atoms with van der Waals surface area (Å²) < 4.78 is 10.4. The molecule has 1 heterocycles. The van der Waals surface area contributed by atoms with Crippen LogP contribution in [-0.4, -0.2) is 23.1 Å². The summed E-state index contributed by atoms with van der Waals surface area (Å²) in [4.78, 5) is 24.7. The molecule has 0 aliphatic rings. The summed E-state index contributed by atoms with van der Waals surface area (Å²) >= 11 is 0. The lowest BCUT2D eigenvalue weighted by Crippen LogP contribution is -2.30. The highest BCUT2D eigenvalue weighted by atomic mass is 16.5. The summed E-state index contributed by atoms with van der Waals surface area (Å²) in [6, 6.07) is 17.3. The van der Waals surface area contributed by atoms with Gasteiger partial charge in [0.1, 0.15) is 5.76 Å². The van der Waals surface area contributed by atoms with Gasteiger partial charge in [0.15, 0.2) is 6.10 Å². The Morgan fingerprint density at radius 2 is 1.76 bits per heavy atom. The number of rotatable bonds is 7. The van der Waals surface area contributed by atoms with Crippen molar-refractivity contribution in [3.63, 3.8) is 0 Å². The fourth-order valence-electron chi connectivity index (χ4n) is 3.09. The smallest absolute Gasteiger partial charge is 0.306 e.